The maximum absolute atomic E-state index is 12.3. The highest BCUT2D eigenvalue weighted by molar-refractivity contribution is 5.87. The second-order valence-electron chi connectivity index (χ2n) is 7.41. The van der Waals surface area contributed by atoms with Crippen LogP contribution in [-0.4, -0.2) is 62.1 Å². The van der Waals surface area contributed by atoms with E-state index in [0.717, 1.165) is 6.08 Å². The highest BCUT2D eigenvalue weighted by atomic mass is 16.8. The third-order valence-corrected chi connectivity index (χ3v) is 4.68. The van der Waals surface area contributed by atoms with Crippen LogP contribution in [0.2, 0.25) is 0 Å². The van der Waals surface area contributed by atoms with Gasteiger partial charge in [-0.25, -0.2) is 9.59 Å². The van der Waals surface area contributed by atoms with Crippen LogP contribution in [0.4, 0.5) is 0 Å². The molecular formula is C19H22O9. The van der Waals surface area contributed by atoms with Gasteiger partial charge in [0, 0.05) is 32.8 Å². The van der Waals surface area contributed by atoms with E-state index in [1.165, 1.54) is 24.3 Å². The molecule has 1 aromatic rings. The van der Waals surface area contributed by atoms with Gasteiger partial charge >= 0.3 is 11.9 Å². The van der Waals surface area contributed by atoms with Crippen molar-refractivity contribution in [3.8, 4) is 11.5 Å². The number of ether oxygens (including phenoxy) is 3. The molecule has 0 bridgehead atoms. The lowest BCUT2D eigenvalue weighted by molar-refractivity contribution is -0.209. The first-order valence-electron chi connectivity index (χ1n) is 8.72. The van der Waals surface area contributed by atoms with Crippen molar-refractivity contribution in [3.05, 3.63) is 29.8 Å². The number of phenolic OH excluding ortho intramolecular Hbond substituents is 2. The van der Waals surface area contributed by atoms with Crippen LogP contribution in [0.25, 0.3) is 6.08 Å². The SMILES string of the molecule is CC1(C)OC(=O)[C@@]2(C[C@H](OC(=O)/C=C/c3ccc(O)c(O)c3)[C@@H](O)[C@@H](O)C2)O1. The molecule has 9 nitrogen and oxygen atoms in total. The van der Waals surface area contributed by atoms with Crippen molar-refractivity contribution in [1.29, 1.82) is 0 Å². The lowest BCUT2D eigenvalue weighted by atomic mass is 9.79. The summed E-state index contributed by atoms with van der Waals surface area (Å²) in [6, 6.07) is 3.98. The number of carbonyl (C=O) groups is 2. The van der Waals surface area contributed by atoms with E-state index < -0.39 is 41.6 Å². The molecule has 152 valence electrons. The first-order valence-corrected chi connectivity index (χ1v) is 8.72. The van der Waals surface area contributed by atoms with Crippen LogP contribution >= 0.6 is 0 Å². The Balaban J connectivity index is 1.71. The second kappa shape index (κ2) is 7.08. The third kappa shape index (κ3) is 3.96. The summed E-state index contributed by atoms with van der Waals surface area (Å²) in [6.07, 6.45) is -1.85. The second-order valence-corrected chi connectivity index (χ2v) is 7.41. The molecule has 1 saturated heterocycles. The molecule has 3 rings (SSSR count). The molecule has 0 unspecified atom stereocenters. The number of benzene rings is 1. The van der Waals surface area contributed by atoms with Gasteiger partial charge in [-0.15, -0.1) is 0 Å². The molecule has 4 atom stereocenters. The van der Waals surface area contributed by atoms with Gasteiger partial charge in [0.2, 0.25) is 5.79 Å². The van der Waals surface area contributed by atoms with E-state index in [4.69, 9.17) is 14.2 Å². The van der Waals surface area contributed by atoms with E-state index in [1.807, 2.05) is 0 Å². The van der Waals surface area contributed by atoms with E-state index in [9.17, 15) is 30.0 Å². The summed E-state index contributed by atoms with van der Waals surface area (Å²) >= 11 is 0. The minimum atomic E-state index is -1.50. The monoisotopic (exact) mass is 394 g/mol. The summed E-state index contributed by atoms with van der Waals surface area (Å²) in [6.45, 7) is 3.10. The Bertz CT molecular complexity index is 816. The molecule has 9 heteroatoms. The van der Waals surface area contributed by atoms with E-state index in [-0.39, 0.29) is 24.3 Å². The van der Waals surface area contributed by atoms with Gasteiger partial charge in [0.1, 0.15) is 12.2 Å². The Morgan fingerprint density at radius 1 is 1.21 bits per heavy atom. The molecule has 1 aromatic carbocycles. The molecular weight excluding hydrogens is 372 g/mol. The van der Waals surface area contributed by atoms with Gasteiger partial charge in [-0.2, -0.15) is 0 Å². The van der Waals surface area contributed by atoms with Gasteiger partial charge in [0.25, 0.3) is 0 Å². The Morgan fingerprint density at radius 3 is 2.54 bits per heavy atom. The molecule has 1 heterocycles. The molecule has 0 amide bonds. The molecule has 1 saturated carbocycles. The van der Waals surface area contributed by atoms with Crippen LogP contribution in [0.1, 0.15) is 32.3 Å². The highest BCUT2D eigenvalue weighted by Crippen LogP contribution is 2.43. The van der Waals surface area contributed by atoms with Crippen molar-refractivity contribution in [2.24, 2.45) is 0 Å². The number of hydrogen-bond acceptors (Lipinski definition) is 9. The quantitative estimate of drug-likeness (QED) is 0.329. The standard InChI is InChI=1S/C19H22O9/c1-18(2)27-17(25)19(28-18)8-13(22)16(24)14(9-19)26-15(23)6-4-10-3-5-11(20)12(21)7-10/h3-7,13-14,16,20-22,24H,8-9H2,1-2H3/b6-4+/t13-,14-,16-,19+/m0/s1. The normalized spacial score (nSPS) is 31.9. The first-order chi connectivity index (χ1) is 13.0. The molecule has 1 spiro atoms. The minimum absolute atomic E-state index is 0.160. The maximum Gasteiger partial charge on any atom is 0.341 e. The maximum atomic E-state index is 12.3. The Morgan fingerprint density at radius 2 is 1.93 bits per heavy atom. The van der Waals surface area contributed by atoms with Gasteiger partial charge in [-0.1, -0.05) is 6.07 Å². The summed E-state index contributed by atoms with van der Waals surface area (Å²) in [5.74, 6) is -3.33. The molecule has 0 radical (unpaired) electrons. The Kier molecular flexibility index (Phi) is 5.09. The summed E-state index contributed by atoms with van der Waals surface area (Å²) < 4.78 is 16.0. The van der Waals surface area contributed by atoms with E-state index >= 15 is 0 Å². The predicted molar refractivity (Wildman–Crippen MR) is 93.9 cm³/mol. The zero-order valence-electron chi connectivity index (χ0n) is 15.4. The zero-order valence-corrected chi connectivity index (χ0v) is 15.4. The molecule has 1 aliphatic heterocycles. The topological polar surface area (TPSA) is 143 Å². The van der Waals surface area contributed by atoms with Crippen LogP contribution in [0, 0.1) is 0 Å². The third-order valence-electron chi connectivity index (χ3n) is 4.68. The highest BCUT2D eigenvalue weighted by Gasteiger charge is 2.60. The van der Waals surface area contributed by atoms with Crippen LogP contribution in [0.5, 0.6) is 11.5 Å². The lowest BCUT2D eigenvalue weighted by Crippen LogP contribution is -2.56. The minimum Gasteiger partial charge on any atom is -0.504 e. The number of aliphatic hydroxyl groups is 2. The summed E-state index contributed by atoms with van der Waals surface area (Å²) in [7, 11) is 0. The van der Waals surface area contributed by atoms with Gasteiger partial charge < -0.3 is 34.6 Å². The lowest BCUT2D eigenvalue weighted by Gasteiger charge is -2.39. The fourth-order valence-corrected chi connectivity index (χ4v) is 3.44. The van der Waals surface area contributed by atoms with Crippen molar-refractivity contribution in [2.45, 2.75) is 56.4 Å². The average Bonchev–Trinajstić information content (AvgIpc) is 2.81. The largest absolute Gasteiger partial charge is 0.504 e. The van der Waals surface area contributed by atoms with Crippen LogP contribution in [0.3, 0.4) is 0 Å². The van der Waals surface area contributed by atoms with Crippen LogP contribution in [-0.2, 0) is 23.8 Å². The molecule has 28 heavy (non-hydrogen) atoms. The van der Waals surface area contributed by atoms with Crippen molar-refractivity contribution in [1.82, 2.24) is 0 Å². The first kappa shape index (κ1) is 20.1. The predicted octanol–water partition coefficient (Wildman–Crippen LogP) is 0.587. The van der Waals surface area contributed by atoms with Crippen LogP contribution in [0.15, 0.2) is 24.3 Å². The number of phenols is 2. The van der Waals surface area contributed by atoms with Crippen molar-refractivity contribution >= 4 is 18.0 Å². The smallest absolute Gasteiger partial charge is 0.341 e. The average molecular weight is 394 g/mol. The van der Waals surface area contributed by atoms with Crippen molar-refractivity contribution in [3.63, 3.8) is 0 Å². The van der Waals surface area contributed by atoms with Gasteiger partial charge in [-0.05, 0) is 23.8 Å². The molecule has 4 N–H and O–H groups in total. The molecule has 2 fully saturated rings. The van der Waals surface area contributed by atoms with Crippen molar-refractivity contribution < 1.29 is 44.2 Å². The molecule has 0 aromatic heterocycles. The van der Waals surface area contributed by atoms with Gasteiger partial charge in [-0.3, -0.25) is 0 Å². The number of cyclic esters (lactones) is 1. The summed E-state index contributed by atoms with van der Waals surface area (Å²) in [4.78, 5) is 24.4. The number of aromatic hydroxyl groups is 2. The number of esters is 2. The summed E-state index contributed by atoms with van der Waals surface area (Å²) in [5.41, 5.74) is -1.07. The van der Waals surface area contributed by atoms with E-state index in [2.05, 4.69) is 0 Å². The number of rotatable bonds is 3. The fraction of sp³-hybridized carbons (Fsp3) is 0.474. The van der Waals surface area contributed by atoms with E-state index in [1.54, 1.807) is 13.8 Å². The Labute approximate surface area is 160 Å². The number of aliphatic hydroxyl groups excluding tert-OH is 2. The number of hydrogen-bond donors (Lipinski definition) is 4. The molecule has 2 aliphatic rings. The van der Waals surface area contributed by atoms with Gasteiger partial charge in [0.15, 0.2) is 17.1 Å². The summed E-state index contributed by atoms with van der Waals surface area (Å²) in [5, 5.41) is 39.1. The number of carbonyl (C=O) groups excluding carboxylic acids is 2. The fourth-order valence-electron chi connectivity index (χ4n) is 3.44. The Hall–Kier alpha value is -2.62. The molecule has 1 aliphatic carbocycles. The van der Waals surface area contributed by atoms with Gasteiger partial charge in [0.05, 0.1) is 6.10 Å². The van der Waals surface area contributed by atoms with Crippen LogP contribution < -0.4 is 0 Å². The van der Waals surface area contributed by atoms with Crippen molar-refractivity contribution in [2.75, 3.05) is 0 Å². The zero-order chi connectivity index (χ0) is 20.7. The van der Waals surface area contributed by atoms with E-state index in [0.29, 0.717) is 5.56 Å².